The molecule has 2 rings (SSSR count). The average molecular weight is 278 g/mol. The molecule has 0 radical (unpaired) electrons. The molecule has 0 aliphatic heterocycles. The fraction of sp³-hybridized carbons (Fsp3) is 0. The van der Waals surface area contributed by atoms with E-state index in [0.717, 1.165) is 6.07 Å². The van der Waals surface area contributed by atoms with Crippen LogP contribution < -0.4 is 5.32 Å². The zero-order chi connectivity index (χ0) is 15.2. The third-order valence-corrected chi connectivity index (χ3v) is 2.55. The maximum absolute atomic E-state index is 14.0. The lowest BCUT2D eigenvalue weighted by atomic mass is 10.2. The minimum atomic E-state index is -0.559. The van der Waals surface area contributed by atoms with Gasteiger partial charge in [0, 0.05) is 18.1 Å². The molecule has 0 fully saturated rings. The standard InChI is InChI=1S/C14H7FN6/c15-12-6-11(20-13(9-18)10(7-16)8-17)2-3-14(12)21-5-1-4-19-21/h1-6,20H. The van der Waals surface area contributed by atoms with Crippen LogP contribution in [0.1, 0.15) is 0 Å². The number of nitriles is 3. The molecule has 1 aromatic carbocycles. The van der Waals surface area contributed by atoms with E-state index in [1.54, 1.807) is 30.5 Å². The molecule has 0 saturated carbocycles. The zero-order valence-corrected chi connectivity index (χ0v) is 10.6. The van der Waals surface area contributed by atoms with Gasteiger partial charge in [-0.05, 0) is 24.3 Å². The molecule has 2 aromatic rings. The van der Waals surface area contributed by atoms with E-state index in [0.29, 0.717) is 0 Å². The predicted octanol–water partition coefficient (Wildman–Crippen LogP) is 2.25. The molecule has 0 aliphatic rings. The van der Waals surface area contributed by atoms with Gasteiger partial charge in [-0.15, -0.1) is 0 Å². The van der Waals surface area contributed by atoms with Gasteiger partial charge < -0.3 is 5.32 Å². The number of rotatable bonds is 3. The van der Waals surface area contributed by atoms with Crippen molar-refractivity contribution in [2.45, 2.75) is 0 Å². The molecule has 0 atom stereocenters. The Kier molecular flexibility index (Phi) is 3.95. The normalized spacial score (nSPS) is 9.05. The summed E-state index contributed by atoms with van der Waals surface area (Å²) in [6.07, 6.45) is 3.11. The molecule has 1 N–H and O–H groups in total. The van der Waals surface area contributed by atoms with Gasteiger partial charge in [0.05, 0.1) is 0 Å². The second-order valence-electron chi connectivity index (χ2n) is 3.83. The lowest BCUT2D eigenvalue weighted by Gasteiger charge is -2.08. The van der Waals surface area contributed by atoms with E-state index in [1.807, 2.05) is 0 Å². The molecule has 21 heavy (non-hydrogen) atoms. The smallest absolute Gasteiger partial charge is 0.163 e. The Morgan fingerprint density at radius 3 is 2.48 bits per heavy atom. The second kappa shape index (κ2) is 6.01. The number of allylic oxidation sites excluding steroid dienone is 2. The number of nitrogens with zero attached hydrogens (tertiary/aromatic N) is 5. The van der Waals surface area contributed by atoms with Crippen LogP contribution in [-0.2, 0) is 0 Å². The molecule has 7 heteroatoms. The Morgan fingerprint density at radius 2 is 1.95 bits per heavy atom. The highest BCUT2D eigenvalue weighted by Gasteiger charge is 2.09. The van der Waals surface area contributed by atoms with Crippen LogP contribution >= 0.6 is 0 Å². The van der Waals surface area contributed by atoms with Crippen molar-refractivity contribution in [1.29, 1.82) is 15.8 Å². The van der Waals surface area contributed by atoms with Crippen LogP contribution in [0.15, 0.2) is 47.9 Å². The van der Waals surface area contributed by atoms with Crippen LogP contribution in [-0.4, -0.2) is 9.78 Å². The van der Waals surface area contributed by atoms with E-state index in [2.05, 4.69) is 10.4 Å². The third-order valence-electron chi connectivity index (χ3n) is 2.55. The zero-order valence-electron chi connectivity index (χ0n) is 10.6. The summed E-state index contributed by atoms with van der Waals surface area (Å²) >= 11 is 0. The molecular weight excluding hydrogens is 271 g/mol. The average Bonchev–Trinajstić information content (AvgIpc) is 3.01. The first-order chi connectivity index (χ1) is 10.2. The van der Waals surface area contributed by atoms with Crippen molar-refractivity contribution < 1.29 is 4.39 Å². The summed E-state index contributed by atoms with van der Waals surface area (Å²) in [5.41, 5.74) is -0.0999. The molecule has 1 aromatic heterocycles. The molecule has 0 saturated heterocycles. The van der Waals surface area contributed by atoms with Crippen molar-refractivity contribution in [3.8, 4) is 23.9 Å². The molecule has 6 nitrogen and oxygen atoms in total. The van der Waals surface area contributed by atoms with Gasteiger partial charge in [0.1, 0.15) is 29.6 Å². The van der Waals surface area contributed by atoms with Gasteiger partial charge >= 0.3 is 0 Å². The Hall–Kier alpha value is -3.63. The minimum absolute atomic E-state index is 0.230. The maximum Gasteiger partial charge on any atom is 0.163 e. The highest BCUT2D eigenvalue weighted by molar-refractivity contribution is 5.59. The van der Waals surface area contributed by atoms with Crippen molar-refractivity contribution in [2.75, 3.05) is 5.32 Å². The molecule has 0 amide bonds. The maximum atomic E-state index is 14.0. The first-order valence-corrected chi connectivity index (χ1v) is 5.70. The number of nitrogens with one attached hydrogen (secondary N) is 1. The fourth-order valence-electron chi connectivity index (χ4n) is 1.61. The molecule has 100 valence electrons. The summed E-state index contributed by atoms with van der Waals surface area (Å²) in [5, 5.41) is 32.8. The Morgan fingerprint density at radius 1 is 1.19 bits per heavy atom. The van der Waals surface area contributed by atoms with Crippen LogP contribution in [0.3, 0.4) is 0 Å². The number of aromatic nitrogens is 2. The van der Waals surface area contributed by atoms with Crippen LogP contribution in [0, 0.1) is 39.8 Å². The van der Waals surface area contributed by atoms with Crippen molar-refractivity contribution in [3.63, 3.8) is 0 Å². The van der Waals surface area contributed by atoms with Crippen molar-refractivity contribution >= 4 is 5.69 Å². The Bertz CT molecular complexity index is 799. The van der Waals surface area contributed by atoms with Crippen LogP contribution in [0.5, 0.6) is 0 Å². The summed E-state index contributed by atoms with van der Waals surface area (Å²) in [4.78, 5) is 0. The van der Waals surface area contributed by atoms with E-state index in [-0.39, 0.29) is 22.6 Å². The molecular formula is C14H7FN6. The molecule has 1 heterocycles. The fourth-order valence-corrected chi connectivity index (χ4v) is 1.61. The highest BCUT2D eigenvalue weighted by Crippen LogP contribution is 2.19. The van der Waals surface area contributed by atoms with Gasteiger partial charge in [0.15, 0.2) is 11.4 Å². The van der Waals surface area contributed by atoms with E-state index in [1.165, 1.54) is 23.0 Å². The highest BCUT2D eigenvalue weighted by atomic mass is 19.1. The summed E-state index contributed by atoms with van der Waals surface area (Å²) < 4.78 is 15.4. The first kappa shape index (κ1) is 13.8. The van der Waals surface area contributed by atoms with Gasteiger partial charge in [-0.1, -0.05) is 0 Å². The van der Waals surface area contributed by atoms with Gasteiger partial charge in [-0.25, -0.2) is 9.07 Å². The summed E-state index contributed by atoms with van der Waals surface area (Å²) in [6, 6.07) is 10.7. The van der Waals surface area contributed by atoms with Gasteiger partial charge in [-0.2, -0.15) is 20.9 Å². The largest absolute Gasteiger partial charge is 0.345 e. The number of hydrogen-bond donors (Lipinski definition) is 1. The van der Waals surface area contributed by atoms with E-state index < -0.39 is 5.82 Å². The van der Waals surface area contributed by atoms with Crippen LogP contribution in [0.4, 0.5) is 10.1 Å². The minimum Gasteiger partial charge on any atom is -0.345 e. The quantitative estimate of drug-likeness (QED) is 0.867. The second-order valence-corrected chi connectivity index (χ2v) is 3.83. The van der Waals surface area contributed by atoms with Gasteiger partial charge in [0.25, 0.3) is 0 Å². The summed E-state index contributed by atoms with van der Waals surface area (Å²) in [6.45, 7) is 0. The topological polar surface area (TPSA) is 101 Å². The summed E-state index contributed by atoms with van der Waals surface area (Å²) in [7, 11) is 0. The lowest BCUT2D eigenvalue weighted by molar-refractivity contribution is 0.611. The third kappa shape index (κ3) is 2.86. The van der Waals surface area contributed by atoms with Crippen LogP contribution in [0.2, 0.25) is 0 Å². The number of benzene rings is 1. The van der Waals surface area contributed by atoms with E-state index >= 15 is 0 Å². The monoisotopic (exact) mass is 278 g/mol. The number of anilines is 1. The van der Waals surface area contributed by atoms with Crippen LogP contribution in [0.25, 0.3) is 5.69 Å². The van der Waals surface area contributed by atoms with Crippen molar-refractivity contribution in [2.24, 2.45) is 0 Å². The van der Waals surface area contributed by atoms with E-state index in [4.69, 9.17) is 15.8 Å². The molecule has 0 bridgehead atoms. The predicted molar refractivity (Wildman–Crippen MR) is 71.0 cm³/mol. The van der Waals surface area contributed by atoms with Gasteiger partial charge in [-0.3, -0.25) is 0 Å². The number of halogens is 1. The van der Waals surface area contributed by atoms with Crippen molar-refractivity contribution in [1.82, 2.24) is 9.78 Å². The first-order valence-electron chi connectivity index (χ1n) is 5.70. The number of hydrogen-bond acceptors (Lipinski definition) is 5. The molecule has 0 spiro atoms. The summed E-state index contributed by atoms with van der Waals surface area (Å²) in [5.74, 6) is -0.559. The molecule has 0 unspecified atom stereocenters. The Balaban J connectivity index is 2.35. The van der Waals surface area contributed by atoms with Gasteiger partial charge in [0.2, 0.25) is 0 Å². The molecule has 0 aliphatic carbocycles. The lowest BCUT2D eigenvalue weighted by Crippen LogP contribution is -2.03. The van der Waals surface area contributed by atoms with E-state index in [9.17, 15) is 4.39 Å². The van der Waals surface area contributed by atoms with Crippen molar-refractivity contribution in [3.05, 3.63) is 53.7 Å². The SMILES string of the molecule is N#CC(C#N)=C(C#N)Nc1ccc(-n2cccn2)c(F)c1. The Labute approximate surface area is 119 Å².